The monoisotopic (exact) mass is 301 g/mol. The van der Waals surface area contributed by atoms with Crippen LogP contribution in [0, 0.1) is 0 Å². The number of hydrogen-bond donors (Lipinski definition) is 0. The summed E-state index contributed by atoms with van der Waals surface area (Å²) in [6, 6.07) is 7.73. The van der Waals surface area contributed by atoms with E-state index in [0.717, 1.165) is 17.1 Å². The van der Waals surface area contributed by atoms with Gasteiger partial charge in [0.15, 0.2) is 0 Å². The molecule has 1 amide bonds. The zero-order valence-electron chi connectivity index (χ0n) is 8.99. The molecule has 4 heteroatoms. The molecule has 0 bridgehead atoms. The Morgan fingerprint density at radius 1 is 1.50 bits per heavy atom. The van der Waals surface area contributed by atoms with Gasteiger partial charge in [-0.1, -0.05) is 45.7 Å². The van der Waals surface area contributed by atoms with Gasteiger partial charge in [0.05, 0.1) is 6.04 Å². The summed E-state index contributed by atoms with van der Waals surface area (Å²) in [6.45, 7) is 2.77. The van der Waals surface area contributed by atoms with Crippen molar-refractivity contribution < 1.29 is 4.79 Å². The molecule has 1 aliphatic rings. The van der Waals surface area contributed by atoms with Gasteiger partial charge in [0.1, 0.15) is 0 Å². The van der Waals surface area contributed by atoms with Crippen molar-refractivity contribution in [3.8, 4) is 0 Å². The van der Waals surface area contributed by atoms with Gasteiger partial charge in [0.2, 0.25) is 5.91 Å². The summed E-state index contributed by atoms with van der Waals surface area (Å²) in [5.74, 6) is 0.189. The first kappa shape index (κ1) is 11.9. The van der Waals surface area contributed by atoms with Gasteiger partial charge in [-0.05, 0) is 18.6 Å². The smallest absolute Gasteiger partial charge is 0.224 e. The molecule has 0 N–H and O–H groups in total. The Kier molecular flexibility index (Phi) is 3.55. The van der Waals surface area contributed by atoms with Crippen LogP contribution >= 0.6 is 27.5 Å². The summed E-state index contributed by atoms with van der Waals surface area (Å²) in [4.78, 5) is 13.9. The molecule has 1 saturated heterocycles. The zero-order valence-corrected chi connectivity index (χ0v) is 11.3. The lowest BCUT2D eigenvalue weighted by Gasteiger charge is -2.25. The number of halogens is 2. The third-order valence-corrected chi connectivity index (χ3v) is 3.89. The van der Waals surface area contributed by atoms with Gasteiger partial charge in [0.25, 0.3) is 0 Å². The Labute approximate surface area is 109 Å². The molecular weight excluding hydrogens is 289 g/mol. The largest absolute Gasteiger partial charge is 0.335 e. The van der Waals surface area contributed by atoms with Crippen molar-refractivity contribution in [2.75, 3.05) is 6.54 Å². The first-order valence-corrected chi connectivity index (χ1v) is 6.57. The van der Waals surface area contributed by atoms with Gasteiger partial charge >= 0.3 is 0 Å². The van der Waals surface area contributed by atoms with E-state index >= 15 is 0 Å². The fourth-order valence-corrected chi connectivity index (χ4v) is 2.92. The molecule has 0 radical (unpaired) electrons. The molecule has 2 unspecified atom stereocenters. The van der Waals surface area contributed by atoms with Crippen LogP contribution in [0.15, 0.2) is 24.3 Å². The van der Waals surface area contributed by atoms with Crippen LogP contribution in [0.5, 0.6) is 0 Å². The van der Waals surface area contributed by atoms with Crippen LogP contribution in [-0.2, 0) is 4.79 Å². The van der Waals surface area contributed by atoms with Gasteiger partial charge in [-0.3, -0.25) is 4.79 Å². The van der Waals surface area contributed by atoms with Crippen molar-refractivity contribution in [1.82, 2.24) is 4.90 Å². The Morgan fingerprint density at radius 2 is 2.19 bits per heavy atom. The molecule has 2 nitrogen and oxygen atoms in total. The number of nitrogens with zero attached hydrogens (tertiary/aromatic N) is 1. The molecule has 86 valence electrons. The fraction of sp³-hybridized carbons (Fsp3) is 0.417. The van der Waals surface area contributed by atoms with E-state index in [0.29, 0.717) is 6.42 Å². The Hall–Kier alpha value is -0.540. The average Bonchev–Trinajstić information content (AvgIpc) is 2.58. The predicted octanol–water partition coefficient (Wildman–Crippen LogP) is 3.40. The van der Waals surface area contributed by atoms with E-state index in [4.69, 9.17) is 11.6 Å². The zero-order chi connectivity index (χ0) is 11.7. The van der Waals surface area contributed by atoms with Crippen molar-refractivity contribution >= 4 is 33.4 Å². The van der Waals surface area contributed by atoms with Gasteiger partial charge in [0, 0.05) is 22.8 Å². The minimum atomic E-state index is 0.0451. The standard InChI is InChI=1S/C12H13BrClNO/c1-8(10-4-2-3-5-11(10)14)15-7-9(13)6-12(15)16/h2-5,8-9H,6-7H2,1H3. The van der Waals surface area contributed by atoms with Gasteiger partial charge in [-0.2, -0.15) is 0 Å². The van der Waals surface area contributed by atoms with E-state index < -0.39 is 0 Å². The van der Waals surface area contributed by atoms with Crippen LogP contribution in [0.4, 0.5) is 0 Å². The average molecular weight is 303 g/mol. The lowest BCUT2D eigenvalue weighted by molar-refractivity contribution is -0.129. The summed E-state index contributed by atoms with van der Waals surface area (Å²) in [7, 11) is 0. The molecule has 1 aromatic carbocycles. The number of carbonyl (C=O) groups excluding carboxylic acids is 1. The van der Waals surface area contributed by atoms with Crippen LogP contribution in [0.1, 0.15) is 24.9 Å². The molecule has 2 rings (SSSR count). The van der Waals surface area contributed by atoms with Crippen molar-refractivity contribution in [2.24, 2.45) is 0 Å². The van der Waals surface area contributed by atoms with Crippen molar-refractivity contribution in [1.29, 1.82) is 0 Å². The number of alkyl halides is 1. The van der Waals surface area contributed by atoms with Crippen molar-refractivity contribution in [3.63, 3.8) is 0 Å². The summed E-state index contributed by atoms with van der Waals surface area (Å²) in [5, 5.41) is 0.723. The van der Waals surface area contributed by atoms with Crippen LogP contribution in [-0.4, -0.2) is 22.2 Å². The maximum atomic E-state index is 11.8. The molecule has 16 heavy (non-hydrogen) atoms. The van der Waals surface area contributed by atoms with Crippen LogP contribution in [0.2, 0.25) is 5.02 Å². The van der Waals surface area contributed by atoms with E-state index in [1.165, 1.54) is 0 Å². The number of benzene rings is 1. The summed E-state index contributed by atoms with van der Waals surface area (Å²) >= 11 is 9.61. The van der Waals surface area contributed by atoms with Crippen LogP contribution < -0.4 is 0 Å². The van der Waals surface area contributed by atoms with Gasteiger partial charge < -0.3 is 4.90 Å². The lowest BCUT2D eigenvalue weighted by atomic mass is 10.1. The first-order chi connectivity index (χ1) is 7.59. The third kappa shape index (κ3) is 2.25. The number of amides is 1. The van der Waals surface area contributed by atoms with Crippen molar-refractivity contribution in [2.45, 2.75) is 24.2 Å². The second-order valence-corrected chi connectivity index (χ2v) is 5.75. The first-order valence-electron chi connectivity index (χ1n) is 5.27. The highest BCUT2D eigenvalue weighted by Crippen LogP contribution is 2.31. The Balaban J connectivity index is 2.23. The topological polar surface area (TPSA) is 20.3 Å². The molecule has 0 saturated carbocycles. The molecule has 1 aliphatic heterocycles. The van der Waals surface area contributed by atoms with E-state index in [-0.39, 0.29) is 16.8 Å². The highest BCUT2D eigenvalue weighted by molar-refractivity contribution is 9.09. The second kappa shape index (κ2) is 4.76. The second-order valence-electron chi connectivity index (χ2n) is 4.04. The van der Waals surface area contributed by atoms with E-state index in [1.807, 2.05) is 36.1 Å². The Bertz CT molecular complexity index is 410. The summed E-state index contributed by atoms with van der Waals surface area (Å²) in [5.41, 5.74) is 1.01. The molecule has 0 aliphatic carbocycles. The van der Waals surface area contributed by atoms with E-state index in [2.05, 4.69) is 15.9 Å². The number of hydrogen-bond acceptors (Lipinski definition) is 1. The van der Waals surface area contributed by atoms with Crippen LogP contribution in [0.3, 0.4) is 0 Å². The normalized spacial score (nSPS) is 22.6. The SMILES string of the molecule is CC(c1ccccc1Cl)N1CC(Br)CC1=O. The number of carbonyl (C=O) groups is 1. The van der Waals surface area contributed by atoms with E-state index in [1.54, 1.807) is 0 Å². The minimum absolute atomic E-state index is 0.0451. The summed E-state index contributed by atoms with van der Waals surface area (Å²) in [6.07, 6.45) is 0.578. The number of rotatable bonds is 2. The molecular formula is C12H13BrClNO. The van der Waals surface area contributed by atoms with Gasteiger partial charge in [-0.25, -0.2) is 0 Å². The van der Waals surface area contributed by atoms with E-state index in [9.17, 15) is 4.79 Å². The van der Waals surface area contributed by atoms with Gasteiger partial charge in [-0.15, -0.1) is 0 Å². The highest BCUT2D eigenvalue weighted by atomic mass is 79.9. The lowest BCUT2D eigenvalue weighted by Crippen LogP contribution is -2.28. The third-order valence-electron chi connectivity index (χ3n) is 2.93. The molecule has 1 heterocycles. The maximum absolute atomic E-state index is 11.8. The highest BCUT2D eigenvalue weighted by Gasteiger charge is 2.32. The van der Waals surface area contributed by atoms with Crippen molar-refractivity contribution in [3.05, 3.63) is 34.9 Å². The number of likely N-dealkylation sites (tertiary alicyclic amines) is 1. The Morgan fingerprint density at radius 3 is 2.75 bits per heavy atom. The summed E-state index contributed by atoms with van der Waals surface area (Å²) < 4.78 is 0. The molecule has 2 atom stereocenters. The minimum Gasteiger partial charge on any atom is -0.335 e. The predicted molar refractivity (Wildman–Crippen MR) is 68.9 cm³/mol. The molecule has 0 spiro atoms. The molecule has 0 aromatic heterocycles. The molecule has 1 aromatic rings. The fourth-order valence-electron chi connectivity index (χ4n) is 2.04. The van der Waals surface area contributed by atoms with Crippen LogP contribution in [0.25, 0.3) is 0 Å². The maximum Gasteiger partial charge on any atom is 0.224 e. The quantitative estimate of drug-likeness (QED) is 0.767. The molecule has 1 fully saturated rings.